The van der Waals surface area contributed by atoms with Gasteiger partial charge < -0.3 is 9.47 Å². The van der Waals surface area contributed by atoms with Gasteiger partial charge in [0, 0.05) is 5.41 Å². The highest BCUT2D eigenvalue weighted by molar-refractivity contribution is 9.09. The first kappa shape index (κ1) is 15.3. The lowest BCUT2D eigenvalue weighted by Gasteiger charge is -2.58. The molecular weight excluding hydrogens is 336 g/mol. The first-order valence-electron chi connectivity index (χ1n) is 7.92. The maximum Gasteiger partial charge on any atom is 0.344 e. The molecule has 5 heteroatoms. The van der Waals surface area contributed by atoms with E-state index in [1.165, 1.54) is 38.5 Å². The highest BCUT2D eigenvalue weighted by atomic mass is 79.9. The molecular formula is C16H23BrO4. The molecule has 1 unspecified atom stereocenters. The van der Waals surface area contributed by atoms with Gasteiger partial charge in [-0.3, -0.25) is 4.79 Å². The molecule has 21 heavy (non-hydrogen) atoms. The Morgan fingerprint density at radius 3 is 2.10 bits per heavy atom. The predicted molar refractivity (Wildman–Crippen MR) is 80.9 cm³/mol. The van der Waals surface area contributed by atoms with E-state index in [0.717, 1.165) is 17.8 Å². The van der Waals surface area contributed by atoms with Gasteiger partial charge in [0.15, 0.2) is 6.61 Å². The Hall–Kier alpha value is -0.580. The summed E-state index contributed by atoms with van der Waals surface area (Å²) in [6.45, 7) is 1.75. The van der Waals surface area contributed by atoms with Crippen LogP contribution >= 0.6 is 15.9 Å². The van der Waals surface area contributed by atoms with Crippen LogP contribution in [-0.4, -0.2) is 30.0 Å². The highest BCUT2D eigenvalue weighted by Crippen LogP contribution is 2.61. The Bertz CT molecular complexity index is 399. The lowest BCUT2D eigenvalue weighted by atomic mass is 9.48. The van der Waals surface area contributed by atoms with Crippen molar-refractivity contribution in [3.05, 3.63) is 0 Å². The Morgan fingerprint density at radius 2 is 1.62 bits per heavy atom. The molecule has 1 atom stereocenters. The topological polar surface area (TPSA) is 52.6 Å². The third-order valence-electron chi connectivity index (χ3n) is 5.72. The number of hydrogen-bond donors (Lipinski definition) is 0. The third kappa shape index (κ3) is 3.13. The molecule has 0 aromatic rings. The van der Waals surface area contributed by atoms with Crippen LogP contribution in [0.15, 0.2) is 0 Å². The summed E-state index contributed by atoms with van der Waals surface area (Å²) in [6.07, 6.45) is 7.67. The summed E-state index contributed by atoms with van der Waals surface area (Å²) in [5, 5.41) is 0.102. The minimum Gasteiger partial charge on any atom is -0.460 e. The largest absolute Gasteiger partial charge is 0.460 e. The number of alkyl halides is 1. The minimum atomic E-state index is -0.436. The van der Waals surface area contributed by atoms with Gasteiger partial charge >= 0.3 is 11.9 Å². The number of halogens is 1. The van der Waals surface area contributed by atoms with Gasteiger partial charge in [0.1, 0.15) is 11.4 Å². The van der Waals surface area contributed by atoms with Crippen LogP contribution in [0.1, 0.15) is 45.4 Å². The van der Waals surface area contributed by atoms with Gasteiger partial charge in [0.2, 0.25) is 0 Å². The average Bonchev–Trinajstić information content (AvgIpc) is 2.43. The Kier molecular flexibility index (Phi) is 4.30. The molecule has 4 fully saturated rings. The summed E-state index contributed by atoms with van der Waals surface area (Å²) in [5.41, 5.74) is 0.184. The van der Waals surface area contributed by atoms with Gasteiger partial charge in [-0.05, 0) is 63.2 Å². The number of hydrogen-bond acceptors (Lipinski definition) is 4. The monoisotopic (exact) mass is 358 g/mol. The van der Waals surface area contributed by atoms with Crippen molar-refractivity contribution in [1.82, 2.24) is 0 Å². The first-order valence-corrected chi connectivity index (χ1v) is 9.04. The van der Waals surface area contributed by atoms with Crippen molar-refractivity contribution >= 4 is 27.9 Å². The zero-order valence-electron chi connectivity index (χ0n) is 12.5. The molecule has 0 aliphatic heterocycles. The van der Waals surface area contributed by atoms with Crippen LogP contribution in [0.3, 0.4) is 0 Å². The van der Waals surface area contributed by atoms with E-state index >= 15 is 0 Å². The van der Waals surface area contributed by atoms with E-state index in [1.54, 1.807) is 0 Å². The molecule has 0 heterocycles. The first-order chi connectivity index (χ1) is 10.0. The van der Waals surface area contributed by atoms with Crippen LogP contribution in [-0.2, 0) is 19.1 Å². The fourth-order valence-electron chi connectivity index (χ4n) is 5.21. The summed E-state index contributed by atoms with van der Waals surface area (Å²) in [7, 11) is 0. The van der Waals surface area contributed by atoms with E-state index in [2.05, 4.69) is 15.9 Å². The van der Waals surface area contributed by atoms with Crippen LogP contribution in [0.25, 0.3) is 0 Å². The molecule has 0 spiro atoms. The Balaban J connectivity index is 1.56. The maximum absolute atomic E-state index is 11.9. The van der Waals surface area contributed by atoms with E-state index in [9.17, 15) is 9.59 Å². The van der Waals surface area contributed by atoms with Crippen LogP contribution in [0.4, 0.5) is 0 Å². The zero-order chi connectivity index (χ0) is 15.0. The molecule has 0 saturated heterocycles. The summed E-state index contributed by atoms with van der Waals surface area (Å²) >= 11 is 3.00. The van der Waals surface area contributed by atoms with Gasteiger partial charge in [0.25, 0.3) is 0 Å². The van der Waals surface area contributed by atoms with E-state index in [-0.39, 0.29) is 23.5 Å². The van der Waals surface area contributed by atoms with Crippen molar-refractivity contribution in [2.24, 2.45) is 23.2 Å². The second kappa shape index (κ2) is 5.90. The molecule has 4 aliphatic rings. The maximum atomic E-state index is 11.9. The van der Waals surface area contributed by atoms with Gasteiger partial charge in [-0.1, -0.05) is 15.9 Å². The van der Waals surface area contributed by atoms with E-state index in [4.69, 9.17) is 9.47 Å². The summed E-state index contributed by atoms with van der Waals surface area (Å²) in [6, 6.07) is 0. The van der Waals surface area contributed by atoms with Crippen LogP contribution in [0.5, 0.6) is 0 Å². The van der Waals surface area contributed by atoms with Crippen molar-refractivity contribution in [2.45, 2.75) is 51.6 Å². The van der Waals surface area contributed by atoms with Crippen LogP contribution in [0.2, 0.25) is 0 Å². The second-order valence-electron chi connectivity index (χ2n) is 7.21. The number of carbonyl (C=O) groups is 2. The molecule has 4 rings (SSSR count). The molecule has 0 aromatic heterocycles. The fraction of sp³-hybridized carbons (Fsp3) is 0.875. The molecule has 0 amide bonds. The van der Waals surface area contributed by atoms with Gasteiger partial charge in [-0.2, -0.15) is 0 Å². The lowest BCUT2D eigenvalue weighted by molar-refractivity contribution is -0.176. The zero-order valence-corrected chi connectivity index (χ0v) is 14.1. The Morgan fingerprint density at radius 1 is 1.10 bits per heavy atom. The summed E-state index contributed by atoms with van der Waals surface area (Å²) < 4.78 is 10.4. The van der Waals surface area contributed by atoms with E-state index in [1.807, 2.05) is 6.92 Å². The molecule has 4 saturated carbocycles. The molecule has 4 nitrogen and oxygen atoms in total. The smallest absolute Gasteiger partial charge is 0.344 e. The van der Waals surface area contributed by atoms with Crippen molar-refractivity contribution in [1.29, 1.82) is 0 Å². The van der Waals surface area contributed by atoms with Gasteiger partial charge in [-0.25, -0.2) is 4.79 Å². The normalized spacial score (nSPS) is 38.1. The van der Waals surface area contributed by atoms with Crippen molar-refractivity contribution in [3.63, 3.8) is 0 Å². The summed E-state index contributed by atoms with van der Waals surface area (Å²) in [5.74, 6) is 1.65. The van der Waals surface area contributed by atoms with Gasteiger partial charge in [-0.15, -0.1) is 0 Å². The van der Waals surface area contributed by atoms with Crippen molar-refractivity contribution in [2.75, 3.05) is 11.9 Å². The highest BCUT2D eigenvalue weighted by Gasteiger charge is 2.54. The lowest BCUT2D eigenvalue weighted by Crippen LogP contribution is -2.52. The molecule has 4 aliphatic carbocycles. The fourth-order valence-corrected chi connectivity index (χ4v) is 5.37. The number of carbonyl (C=O) groups excluding carboxylic acids is 2. The van der Waals surface area contributed by atoms with Crippen LogP contribution in [0, 0.1) is 23.2 Å². The molecule has 4 bridgehead atoms. The number of esters is 2. The molecule has 0 N–H and O–H groups in total. The standard InChI is InChI=1S/C16H23BrO4/c1-10(21-15(19)9-20-14(18)8-17)16-5-11-2-12(6-16)4-13(3-11)7-16/h10-13H,2-9H2,1H3. The second-order valence-corrected chi connectivity index (χ2v) is 7.77. The van der Waals surface area contributed by atoms with Gasteiger partial charge in [0.05, 0.1) is 0 Å². The molecule has 0 aromatic carbocycles. The Labute approximate surface area is 134 Å². The minimum absolute atomic E-state index is 0.0685. The van der Waals surface area contributed by atoms with Crippen molar-refractivity contribution in [3.8, 4) is 0 Å². The number of ether oxygens (including phenoxy) is 2. The number of rotatable bonds is 5. The predicted octanol–water partition coefficient (Wildman–Crippen LogP) is 3.07. The third-order valence-corrected chi connectivity index (χ3v) is 6.17. The molecule has 118 valence electrons. The summed E-state index contributed by atoms with van der Waals surface area (Å²) in [4.78, 5) is 22.9. The van der Waals surface area contributed by atoms with Crippen molar-refractivity contribution < 1.29 is 19.1 Å². The SMILES string of the molecule is CC(OC(=O)COC(=O)CBr)C12CC3CC(CC(C3)C1)C2. The van der Waals surface area contributed by atoms with E-state index < -0.39 is 11.9 Å². The van der Waals surface area contributed by atoms with E-state index in [0.29, 0.717) is 0 Å². The molecule has 0 radical (unpaired) electrons. The average molecular weight is 359 g/mol. The quantitative estimate of drug-likeness (QED) is 0.559. The van der Waals surface area contributed by atoms with Crippen LogP contribution < -0.4 is 0 Å².